The Morgan fingerprint density at radius 1 is 1.30 bits per heavy atom. The van der Waals surface area contributed by atoms with E-state index < -0.39 is 0 Å². The smallest absolute Gasteiger partial charge is 0.253 e. The lowest BCUT2D eigenvalue weighted by atomic mass is 10.0. The minimum Gasteiger partial charge on any atom is -0.349 e. The number of piperidine rings is 1. The highest BCUT2D eigenvalue weighted by molar-refractivity contribution is 6.36. The number of benzene rings is 1. The lowest BCUT2D eigenvalue weighted by Gasteiger charge is -2.34. The molecule has 0 atom stereocenters. The van der Waals surface area contributed by atoms with Gasteiger partial charge in [0.25, 0.3) is 5.91 Å². The third-order valence-corrected chi connectivity index (χ3v) is 4.32. The van der Waals surface area contributed by atoms with Gasteiger partial charge in [-0.2, -0.15) is 0 Å². The first-order chi connectivity index (χ1) is 9.47. The molecular weight excluding hydrogens is 295 g/mol. The normalized spacial score (nSPS) is 17.4. The van der Waals surface area contributed by atoms with Crippen molar-refractivity contribution in [2.24, 2.45) is 0 Å². The summed E-state index contributed by atoms with van der Waals surface area (Å²) in [4.78, 5) is 14.6. The Hall–Kier alpha value is -0.770. The maximum Gasteiger partial charge on any atom is 0.253 e. The summed E-state index contributed by atoms with van der Waals surface area (Å²) in [6, 6.07) is 5.74. The highest BCUT2D eigenvalue weighted by Crippen LogP contribution is 2.21. The predicted molar refractivity (Wildman–Crippen MR) is 83.7 cm³/mol. The molecular formula is C15H20Cl2N2O. The molecule has 1 heterocycles. The number of halogens is 2. The van der Waals surface area contributed by atoms with Gasteiger partial charge in [0.2, 0.25) is 0 Å². The number of likely N-dealkylation sites (tertiary alicyclic amines) is 1. The van der Waals surface area contributed by atoms with Gasteiger partial charge in [0, 0.05) is 30.2 Å². The highest BCUT2D eigenvalue weighted by Gasteiger charge is 2.23. The monoisotopic (exact) mass is 314 g/mol. The SMILES string of the molecule is CC(C)N1CCC(NC(=O)c2ccc(Cl)cc2Cl)CC1. The first-order valence-electron chi connectivity index (χ1n) is 6.97. The molecule has 2 rings (SSSR count). The van der Waals surface area contributed by atoms with Gasteiger partial charge in [0.1, 0.15) is 0 Å². The third kappa shape index (κ3) is 3.87. The van der Waals surface area contributed by atoms with E-state index in [1.54, 1.807) is 18.2 Å². The minimum absolute atomic E-state index is 0.116. The van der Waals surface area contributed by atoms with E-state index >= 15 is 0 Å². The Bertz CT molecular complexity index is 483. The molecule has 1 saturated heterocycles. The van der Waals surface area contributed by atoms with Crippen molar-refractivity contribution in [3.63, 3.8) is 0 Å². The number of carbonyl (C=O) groups is 1. The van der Waals surface area contributed by atoms with Crippen molar-refractivity contribution < 1.29 is 4.79 Å². The Balaban J connectivity index is 1.92. The van der Waals surface area contributed by atoms with Gasteiger partial charge in [-0.25, -0.2) is 0 Å². The number of amides is 1. The molecule has 0 aromatic heterocycles. The summed E-state index contributed by atoms with van der Waals surface area (Å²) in [6.45, 7) is 6.45. The maximum atomic E-state index is 12.2. The number of nitrogens with one attached hydrogen (secondary N) is 1. The zero-order valence-corrected chi connectivity index (χ0v) is 13.3. The third-order valence-electron chi connectivity index (χ3n) is 3.77. The molecule has 0 aliphatic carbocycles. The van der Waals surface area contributed by atoms with Crippen LogP contribution in [0.25, 0.3) is 0 Å². The van der Waals surface area contributed by atoms with Crippen LogP contribution >= 0.6 is 23.2 Å². The van der Waals surface area contributed by atoms with Crippen molar-refractivity contribution in [1.82, 2.24) is 10.2 Å². The van der Waals surface area contributed by atoms with Crippen molar-refractivity contribution >= 4 is 29.1 Å². The second-order valence-corrected chi connectivity index (χ2v) is 6.35. The molecule has 1 aromatic rings. The minimum atomic E-state index is -0.116. The van der Waals surface area contributed by atoms with Crippen LogP contribution in [0.1, 0.15) is 37.0 Å². The van der Waals surface area contributed by atoms with Gasteiger partial charge >= 0.3 is 0 Å². The molecule has 110 valence electrons. The number of hydrogen-bond acceptors (Lipinski definition) is 2. The topological polar surface area (TPSA) is 32.3 Å². The fraction of sp³-hybridized carbons (Fsp3) is 0.533. The van der Waals surface area contributed by atoms with Gasteiger partial charge in [-0.15, -0.1) is 0 Å². The summed E-state index contributed by atoms with van der Waals surface area (Å²) in [5.41, 5.74) is 0.488. The molecule has 5 heteroatoms. The van der Waals surface area contributed by atoms with Crippen LogP contribution in [0.2, 0.25) is 10.0 Å². The Morgan fingerprint density at radius 3 is 2.50 bits per heavy atom. The van der Waals surface area contributed by atoms with Crippen LogP contribution in [0.5, 0.6) is 0 Å². The van der Waals surface area contributed by atoms with Crippen LogP contribution in [0.3, 0.4) is 0 Å². The van der Waals surface area contributed by atoms with E-state index in [1.165, 1.54) is 0 Å². The van der Waals surface area contributed by atoms with Crippen molar-refractivity contribution in [2.75, 3.05) is 13.1 Å². The zero-order chi connectivity index (χ0) is 14.7. The molecule has 20 heavy (non-hydrogen) atoms. The van der Waals surface area contributed by atoms with Gasteiger partial charge in [0.05, 0.1) is 10.6 Å². The Kier molecular flexibility index (Phi) is 5.30. The molecule has 0 bridgehead atoms. The molecule has 1 aliphatic heterocycles. The quantitative estimate of drug-likeness (QED) is 0.924. The average molecular weight is 315 g/mol. The standard InChI is InChI=1S/C15H20Cl2N2O/c1-10(2)19-7-5-12(6-8-19)18-15(20)13-4-3-11(16)9-14(13)17/h3-4,9-10,12H,5-8H2,1-2H3,(H,18,20). The van der Waals surface area contributed by atoms with Crippen LogP contribution in [0.4, 0.5) is 0 Å². The molecule has 1 amide bonds. The number of nitrogens with zero attached hydrogens (tertiary/aromatic N) is 1. The summed E-state index contributed by atoms with van der Waals surface area (Å²) in [5, 5.41) is 4.00. The maximum absolute atomic E-state index is 12.2. The fourth-order valence-electron chi connectivity index (χ4n) is 2.50. The van der Waals surface area contributed by atoms with Crippen molar-refractivity contribution in [1.29, 1.82) is 0 Å². The lowest BCUT2D eigenvalue weighted by molar-refractivity contribution is 0.0901. The van der Waals surface area contributed by atoms with Gasteiger partial charge < -0.3 is 10.2 Å². The first-order valence-corrected chi connectivity index (χ1v) is 7.73. The van der Waals surface area contributed by atoms with E-state index in [-0.39, 0.29) is 11.9 Å². The summed E-state index contributed by atoms with van der Waals surface area (Å²) in [7, 11) is 0. The van der Waals surface area contributed by atoms with Gasteiger partial charge in [-0.1, -0.05) is 23.2 Å². The largest absolute Gasteiger partial charge is 0.349 e. The summed E-state index contributed by atoms with van der Waals surface area (Å²) < 4.78 is 0. The molecule has 1 N–H and O–H groups in total. The second kappa shape index (κ2) is 6.79. The summed E-state index contributed by atoms with van der Waals surface area (Å²) >= 11 is 11.9. The Morgan fingerprint density at radius 2 is 1.95 bits per heavy atom. The average Bonchev–Trinajstić information content (AvgIpc) is 2.39. The molecule has 0 radical (unpaired) electrons. The van der Waals surface area contributed by atoms with Crippen molar-refractivity contribution in [3.05, 3.63) is 33.8 Å². The first kappa shape index (κ1) is 15.6. The molecule has 0 spiro atoms. The van der Waals surface area contributed by atoms with E-state index in [0.717, 1.165) is 25.9 Å². The molecule has 0 saturated carbocycles. The summed E-state index contributed by atoms with van der Waals surface area (Å²) in [6.07, 6.45) is 1.96. The number of hydrogen-bond donors (Lipinski definition) is 1. The van der Waals surface area contributed by atoms with Crippen LogP contribution < -0.4 is 5.32 Å². The Labute approximate surface area is 130 Å². The second-order valence-electron chi connectivity index (χ2n) is 5.50. The molecule has 1 aliphatic rings. The zero-order valence-electron chi connectivity index (χ0n) is 11.8. The highest BCUT2D eigenvalue weighted by atomic mass is 35.5. The number of rotatable bonds is 3. The van der Waals surface area contributed by atoms with Gasteiger partial charge in [0.15, 0.2) is 0 Å². The van der Waals surface area contributed by atoms with E-state index in [2.05, 4.69) is 24.1 Å². The van der Waals surface area contributed by atoms with Crippen LogP contribution in [0, 0.1) is 0 Å². The molecule has 1 aromatic carbocycles. The lowest BCUT2D eigenvalue weighted by Crippen LogP contribution is -2.46. The van der Waals surface area contributed by atoms with Crippen molar-refractivity contribution in [3.8, 4) is 0 Å². The fourth-order valence-corrected chi connectivity index (χ4v) is 2.99. The predicted octanol–water partition coefficient (Wildman–Crippen LogP) is 3.60. The van der Waals surface area contributed by atoms with E-state index in [9.17, 15) is 4.79 Å². The molecule has 1 fully saturated rings. The van der Waals surface area contributed by atoms with Gasteiger partial charge in [-0.05, 0) is 44.9 Å². The van der Waals surface area contributed by atoms with E-state index in [0.29, 0.717) is 21.7 Å². The van der Waals surface area contributed by atoms with Gasteiger partial charge in [-0.3, -0.25) is 4.79 Å². The van der Waals surface area contributed by atoms with E-state index in [1.807, 2.05) is 0 Å². The molecule has 0 unspecified atom stereocenters. The van der Waals surface area contributed by atoms with Crippen LogP contribution in [-0.4, -0.2) is 36.0 Å². The van der Waals surface area contributed by atoms with Crippen LogP contribution in [-0.2, 0) is 0 Å². The van der Waals surface area contributed by atoms with Crippen molar-refractivity contribution in [2.45, 2.75) is 38.8 Å². The van der Waals surface area contributed by atoms with E-state index in [4.69, 9.17) is 23.2 Å². The number of carbonyl (C=O) groups excluding carboxylic acids is 1. The van der Waals surface area contributed by atoms with Crippen LogP contribution in [0.15, 0.2) is 18.2 Å². The molecule has 3 nitrogen and oxygen atoms in total. The summed E-state index contributed by atoms with van der Waals surface area (Å²) in [5.74, 6) is -0.116.